The molecule has 1 heterocycles. The number of nitrogens with zero attached hydrogens (tertiary/aromatic N) is 1. The van der Waals surface area contributed by atoms with Crippen molar-refractivity contribution in [3.63, 3.8) is 0 Å². The van der Waals surface area contributed by atoms with Crippen molar-refractivity contribution in [3.8, 4) is 11.5 Å². The third kappa shape index (κ3) is 5.61. The number of para-hydroxylation sites is 1. The molecule has 0 aliphatic carbocycles. The van der Waals surface area contributed by atoms with E-state index >= 15 is 0 Å². The molecular formula is C24H18ClNO6S2. The minimum Gasteiger partial charge on any atom is -0.490 e. The van der Waals surface area contributed by atoms with Crippen LogP contribution in [0.1, 0.15) is 5.56 Å². The van der Waals surface area contributed by atoms with Crippen molar-refractivity contribution in [2.24, 2.45) is 0 Å². The highest BCUT2D eigenvalue weighted by Gasteiger charge is 2.34. The molecule has 0 bridgehead atoms. The lowest BCUT2D eigenvalue weighted by atomic mass is 10.2. The molecule has 1 aliphatic heterocycles. The van der Waals surface area contributed by atoms with Gasteiger partial charge >= 0.3 is 10.1 Å². The fourth-order valence-electron chi connectivity index (χ4n) is 3.03. The third-order valence-corrected chi connectivity index (χ3v) is 7.18. The minimum atomic E-state index is -3.95. The van der Waals surface area contributed by atoms with Gasteiger partial charge in [-0.1, -0.05) is 54.1 Å². The maximum Gasteiger partial charge on any atom is 0.339 e. The second-order valence-corrected chi connectivity index (χ2v) is 9.98. The molecule has 1 fully saturated rings. The van der Waals surface area contributed by atoms with Gasteiger partial charge in [-0.15, -0.1) is 0 Å². The van der Waals surface area contributed by atoms with E-state index in [1.165, 1.54) is 24.3 Å². The Balaban J connectivity index is 1.38. The molecule has 1 saturated heterocycles. The van der Waals surface area contributed by atoms with Crippen LogP contribution in [0.4, 0.5) is 4.79 Å². The molecule has 3 aromatic carbocycles. The standard InChI is InChI=1S/C24H18ClNO6S2/c25-20-8-4-5-9-21(20)31-15-14-26-23(27)22(33-24(26)28)16-17-10-12-18(13-11-17)32-34(29,30)19-6-2-1-3-7-19/h1-13,16H,14-15H2/b22-16-. The predicted octanol–water partition coefficient (Wildman–Crippen LogP) is 5.22. The van der Waals surface area contributed by atoms with Gasteiger partial charge < -0.3 is 8.92 Å². The van der Waals surface area contributed by atoms with Gasteiger partial charge in [-0.3, -0.25) is 14.5 Å². The fourth-order valence-corrected chi connectivity index (χ4v) is 5.04. The number of ether oxygens (including phenoxy) is 1. The second-order valence-electron chi connectivity index (χ2n) is 7.03. The average Bonchev–Trinajstić information content (AvgIpc) is 3.09. The number of hydrogen-bond acceptors (Lipinski definition) is 7. The number of hydrogen-bond donors (Lipinski definition) is 0. The van der Waals surface area contributed by atoms with E-state index in [0.717, 1.165) is 16.7 Å². The third-order valence-electron chi connectivity index (χ3n) is 4.70. The summed E-state index contributed by atoms with van der Waals surface area (Å²) in [4.78, 5) is 26.4. The lowest BCUT2D eigenvalue weighted by Gasteiger charge is -2.13. The molecular weight excluding hydrogens is 498 g/mol. The number of carbonyl (C=O) groups is 2. The van der Waals surface area contributed by atoms with Crippen LogP contribution in [0.5, 0.6) is 11.5 Å². The minimum absolute atomic E-state index is 0.0475. The summed E-state index contributed by atoms with van der Waals surface area (Å²) in [5.74, 6) is 0.179. The van der Waals surface area contributed by atoms with E-state index in [9.17, 15) is 18.0 Å². The molecule has 7 nitrogen and oxygen atoms in total. The largest absolute Gasteiger partial charge is 0.490 e. The second kappa shape index (κ2) is 10.3. The first-order valence-electron chi connectivity index (χ1n) is 10.1. The summed E-state index contributed by atoms with van der Waals surface area (Å²) >= 11 is 6.87. The molecule has 1 aliphatic rings. The van der Waals surface area contributed by atoms with Crippen LogP contribution in [0, 0.1) is 0 Å². The van der Waals surface area contributed by atoms with Gasteiger partial charge in [0.15, 0.2) is 0 Å². The number of rotatable bonds is 8. The van der Waals surface area contributed by atoms with Gasteiger partial charge in [0.25, 0.3) is 11.1 Å². The van der Waals surface area contributed by atoms with Crippen molar-refractivity contribution in [1.29, 1.82) is 0 Å². The van der Waals surface area contributed by atoms with Gasteiger partial charge in [0, 0.05) is 0 Å². The number of amides is 2. The van der Waals surface area contributed by atoms with Crippen LogP contribution in [0.15, 0.2) is 88.7 Å². The van der Waals surface area contributed by atoms with E-state index in [2.05, 4.69) is 0 Å². The molecule has 0 saturated carbocycles. The molecule has 174 valence electrons. The van der Waals surface area contributed by atoms with Crippen LogP contribution in [-0.4, -0.2) is 37.6 Å². The normalized spacial score (nSPS) is 15.1. The summed E-state index contributed by atoms with van der Waals surface area (Å²) in [7, 11) is -3.95. The maximum absolute atomic E-state index is 12.7. The van der Waals surface area contributed by atoms with Crippen molar-refractivity contribution in [2.45, 2.75) is 4.90 Å². The van der Waals surface area contributed by atoms with Gasteiger partial charge in [-0.25, -0.2) is 0 Å². The zero-order valence-electron chi connectivity index (χ0n) is 17.6. The first-order chi connectivity index (χ1) is 16.3. The van der Waals surface area contributed by atoms with E-state index in [4.69, 9.17) is 20.5 Å². The molecule has 3 aromatic rings. The van der Waals surface area contributed by atoms with Gasteiger partial charge in [0.1, 0.15) is 23.0 Å². The first-order valence-corrected chi connectivity index (χ1v) is 12.7. The molecule has 2 amide bonds. The summed E-state index contributed by atoms with van der Waals surface area (Å²) in [6.45, 7) is 0.189. The van der Waals surface area contributed by atoms with E-state index < -0.39 is 21.3 Å². The Bertz CT molecular complexity index is 1340. The summed E-state index contributed by atoms with van der Waals surface area (Å²) in [6.07, 6.45) is 1.56. The lowest BCUT2D eigenvalue weighted by Crippen LogP contribution is -2.32. The fraction of sp³-hybridized carbons (Fsp3) is 0.0833. The monoisotopic (exact) mass is 515 g/mol. The Labute approximate surface area is 206 Å². The highest BCUT2D eigenvalue weighted by molar-refractivity contribution is 8.18. The average molecular weight is 516 g/mol. The van der Waals surface area contributed by atoms with Crippen LogP contribution < -0.4 is 8.92 Å². The quantitative estimate of drug-likeness (QED) is 0.300. The van der Waals surface area contributed by atoms with Gasteiger partial charge in [-0.05, 0) is 59.8 Å². The summed E-state index contributed by atoms with van der Waals surface area (Å²) in [5, 5.41) is 0.0495. The molecule has 34 heavy (non-hydrogen) atoms. The van der Waals surface area contributed by atoms with E-state index in [0.29, 0.717) is 16.3 Å². The lowest BCUT2D eigenvalue weighted by molar-refractivity contribution is -0.123. The van der Waals surface area contributed by atoms with Crippen molar-refractivity contribution >= 4 is 50.7 Å². The van der Waals surface area contributed by atoms with E-state index in [1.807, 2.05) is 0 Å². The van der Waals surface area contributed by atoms with E-state index in [-0.39, 0.29) is 28.7 Å². The molecule has 0 spiro atoms. The van der Waals surface area contributed by atoms with Crippen LogP contribution in [0.2, 0.25) is 5.02 Å². The SMILES string of the molecule is O=C1S/C(=C\c2ccc(OS(=O)(=O)c3ccccc3)cc2)C(=O)N1CCOc1ccccc1Cl. The van der Waals surface area contributed by atoms with Crippen LogP contribution >= 0.6 is 23.4 Å². The first kappa shape index (κ1) is 23.9. The molecule has 4 rings (SSSR count). The predicted molar refractivity (Wildman–Crippen MR) is 130 cm³/mol. The Morgan fingerprint density at radius 3 is 2.29 bits per heavy atom. The van der Waals surface area contributed by atoms with Crippen LogP contribution in [-0.2, 0) is 14.9 Å². The summed E-state index contributed by atoms with van der Waals surface area (Å²) in [5.41, 5.74) is 0.613. The Hall–Kier alpha value is -3.27. The Morgan fingerprint density at radius 2 is 1.59 bits per heavy atom. The number of halogens is 1. The zero-order valence-corrected chi connectivity index (χ0v) is 20.0. The number of benzene rings is 3. The smallest absolute Gasteiger partial charge is 0.339 e. The number of carbonyl (C=O) groups excluding carboxylic acids is 2. The molecule has 0 atom stereocenters. The molecule has 10 heteroatoms. The number of thioether (sulfide) groups is 1. The summed E-state index contributed by atoms with van der Waals surface area (Å²) < 4.78 is 35.4. The highest BCUT2D eigenvalue weighted by Crippen LogP contribution is 2.32. The van der Waals surface area contributed by atoms with Crippen molar-refractivity contribution in [2.75, 3.05) is 13.2 Å². The molecule has 0 aromatic heterocycles. The van der Waals surface area contributed by atoms with Crippen LogP contribution in [0.25, 0.3) is 6.08 Å². The van der Waals surface area contributed by atoms with Crippen LogP contribution in [0.3, 0.4) is 0 Å². The zero-order chi connectivity index (χ0) is 24.1. The van der Waals surface area contributed by atoms with Crippen molar-refractivity contribution in [3.05, 3.63) is 94.4 Å². The molecule has 0 radical (unpaired) electrons. The molecule has 0 N–H and O–H groups in total. The van der Waals surface area contributed by atoms with Gasteiger partial charge in [0.2, 0.25) is 0 Å². The van der Waals surface area contributed by atoms with Gasteiger partial charge in [0.05, 0.1) is 16.5 Å². The topological polar surface area (TPSA) is 90.0 Å². The maximum atomic E-state index is 12.7. The summed E-state index contributed by atoms with van der Waals surface area (Å²) in [6, 6.07) is 20.9. The Kier molecular flexibility index (Phi) is 7.26. The van der Waals surface area contributed by atoms with Gasteiger partial charge in [-0.2, -0.15) is 8.42 Å². The van der Waals surface area contributed by atoms with Crippen molar-refractivity contribution < 1.29 is 26.9 Å². The van der Waals surface area contributed by atoms with Crippen molar-refractivity contribution in [1.82, 2.24) is 4.90 Å². The Morgan fingerprint density at radius 1 is 0.912 bits per heavy atom. The highest BCUT2D eigenvalue weighted by atomic mass is 35.5. The number of imide groups is 1. The van der Waals surface area contributed by atoms with E-state index in [1.54, 1.807) is 60.7 Å². The molecule has 0 unspecified atom stereocenters.